The van der Waals surface area contributed by atoms with Crippen LogP contribution in [0.3, 0.4) is 0 Å². The maximum absolute atomic E-state index is 10.7. The number of benzene rings is 1. The van der Waals surface area contributed by atoms with Gasteiger partial charge in [-0.1, -0.05) is 12.1 Å². The number of ether oxygens (including phenoxy) is 1. The van der Waals surface area contributed by atoms with E-state index in [-0.39, 0.29) is 18.4 Å². The highest BCUT2D eigenvalue weighted by molar-refractivity contribution is 5.67. The molecule has 20 heavy (non-hydrogen) atoms. The standard InChI is InChI=1S/C15H19NO4/c17-13-7-12(11(13)6-15(18)19)16-8-9-1-2-14-10(5-9)3-4-20-14/h1-2,5,11-13,16-17H,3-4,6-8H2,(H,18,19)/t11-,12+,13-/m1/s1. The maximum atomic E-state index is 10.7. The highest BCUT2D eigenvalue weighted by atomic mass is 16.5. The van der Waals surface area contributed by atoms with Crippen molar-refractivity contribution in [2.24, 2.45) is 5.92 Å². The lowest BCUT2D eigenvalue weighted by molar-refractivity contribution is -0.142. The second kappa shape index (κ2) is 5.42. The molecule has 0 saturated heterocycles. The van der Waals surface area contributed by atoms with Gasteiger partial charge in [-0.2, -0.15) is 0 Å². The zero-order valence-corrected chi connectivity index (χ0v) is 11.2. The largest absolute Gasteiger partial charge is 0.493 e. The SMILES string of the molecule is O=C(O)C[C@H]1[C@H](O)C[C@@H]1NCc1ccc2c(c1)CCO2. The fourth-order valence-electron chi connectivity index (χ4n) is 3.00. The molecule has 0 bridgehead atoms. The van der Waals surface area contributed by atoms with E-state index in [0.717, 1.165) is 18.8 Å². The summed E-state index contributed by atoms with van der Waals surface area (Å²) in [6.07, 6.45) is 1.12. The third-order valence-electron chi connectivity index (χ3n) is 4.24. The van der Waals surface area contributed by atoms with Gasteiger partial charge in [-0.15, -0.1) is 0 Å². The fourth-order valence-corrected chi connectivity index (χ4v) is 3.00. The number of nitrogens with one attached hydrogen (secondary N) is 1. The van der Waals surface area contributed by atoms with Gasteiger partial charge in [0.1, 0.15) is 5.75 Å². The average Bonchev–Trinajstić information content (AvgIpc) is 2.88. The molecule has 1 fully saturated rings. The van der Waals surface area contributed by atoms with Crippen molar-refractivity contribution in [3.63, 3.8) is 0 Å². The Balaban J connectivity index is 1.56. The van der Waals surface area contributed by atoms with Gasteiger partial charge < -0.3 is 20.3 Å². The van der Waals surface area contributed by atoms with Crippen LogP contribution in [0, 0.1) is 5.92 Å². The van der Waals surface area contributed by atoms with E-state index >= 15 is 0 Å². The van der Waals surface area contributed by atoms with Crippen molar-refractivity contribution >= 4 is 5.97 Å². The van der Waals surface area contributed by atoms with Gasteiger partial charge in [0.25, 0.3) is 0 Å². The monoisotopic (exact) mass is 277 g/mol. The molecule has 3 rings (SSSR count). The third-order valence-corrected chi connectivity index (χ3v) is 4.24. The Morgan fingerprint density at radius 1 is 1.45 bits per heavy atom. The van der Waals surface area contributed by atoms with Gasteiger partial charge in [-0.3, -0.25) is 4.79 Å². The fraction of sp³-hybridized carbons (Fsp3) is 0.533. The van der Waals surface area contributed by atoms with E-state index in [1.165, 1.54) is 11.1 Å². The second-order valence-electron chi connectivity index (χ2n) is 5.59. The van der Waals surface area contributed by atoms with Gasteiger partial charge in [-0.25, -0.2) is 0 Å². The Morgan fingerprint density at radius 2 is 2.30 bits per heavy atom. The van der Waals surface area contributed by atoms with E-state index in [2.05, 4.69) is 11.4 Å². The number of aliphatic hydroxyl groups is 1. The Labute approximate surface area is 117 Å². The van der Waals surface area contributed by atoms with Crippen molar-refractivity contribution in [3.8, 4) is 5.75 Å². The van der Waals surface area contributed by atoms with E-state index < -0.39 is 12.1 Å². The van der Waals surface area contributed by atoms with Crippen LogP contribution in [0.15, 0.2) is 18.2 Å². The van der Waals surface area contributed by atoms with Gasteiger partial charge in [0.15, 0.2) is 0 Å². The Morgan fingerprint density at radius 3 is 3.05 bits per heavy atom. The first-order valence-electron chi connectivity index (χ1n) is 7.01. The van der Waals surface area contributed by atoms with Gasteiger partial charge >= 0.3 is 5.97 Å². The molecule has 1 aliphatic heterocycles. The zero-order chi connectivity index (χ0) is 14.1. The average molecular weight is 277 g/mol. The summed E-state index contributed by atoms with van der Waals surface area (Å²) in [5.74, 6) is -0.0583. The number of carboxylic acid groups (broad SMARTS) is 1. The first-order chi connectivity index (χ1) is 9.63. The first kappa shape index (κ1) is 13.4. The summed E-state index contributed by atoms with van der Waals surface area (Å²) in [5, 5.41) is 21.8. The molecular formula is C15H19NO4. The number of hydrogen-bond acceptors (Lipinski definition) is 4. The Hall–Kier alpha value is -1.59. The number of carbonyl (C=O) groups is 1. The molecule has 0 radical (unpaired) electrons. The molecule has 3 atom stereocenters. The van der Waals surface area contributed by atoms with Crippen molar-refractivity contribution in [2.75, 3.05) is 6.61 Å². The van der Waals surface area contributed by atoms with Crippen LogP contribution in [0.4, 0.5) is 0 Å². The van der Waals surface area contributed by atoms with Crippen LogP contribution in [0.1, 0.15) is 24.0 Å². The minimum absolute atomic E-state index is 0.0247. The van der Waals surface area contributed by atoms with Crippen molar-refractivity contribution in [1.82, 2.24) is 5.32 Å². The summed E-state index contributed by atoms with van der Waals surface area (Å²) in [6, 6.07) is 6.24. The molecule has 1 aromatic rings. The van der Waals surface area contributed by atoms with Crippen LogP contribution in [0.5, 0.6) is 5.75 Å². The summed E-state index contributed by atoms with van der Waals surface area (Å²) in [7, 11) is 0. The van der Waals surface area contributed by atoms with E-state index in [9.17, 15) is 9.90 Å². The third kappa shape index (κ3) is 2.64. The maximum Gasteiger partial charge on any atom is 0.303 e. The molecule has 0 aromatic heterocycles. The number of aliphatic carboxylic acids is 1. The van der Waals surface area contributed by atoms with Crippen LogP contribution < -0.4 is 10.1 Å². The van der Waals surface area contributed by atoms with Crippen molar-refractivity contribution in [3.05, 3.63) is 29.3 Å². The molecule has 3 N–H and O–H groups in total. The highest BCUT2D eigenvalue weighted by Gasteiger charge is 2.40. The molecule has 1 aliphatic carbocycles. The Kier molecular flexibility index (Phi) is 3.63. The second-order valence-corrected chi connectivity index (χ2v) is 5.59. The molecule has 5 nitrogen and oxygen atoms in total. The number of carboxylic acids is 1. The minimum atomic E-state index is -0.852. The summed E-state index contributed by atoms with van der Waals surface area (Å²) in [5.41, 5.74) is 2.41. The molecule has 2 aliphatic rings. The lowest BCUT2D eigenvalue weighted by Gasteiger charge is -2.41. The molecule has 1 saturated carbocycles. The van der Waals surface area contributed by atoms with Gasteiger partial charge in [0, 0.05) is 24.9 Å². The minimum Gasteiger partial charge on any atom is -0.493 e. The molecule has 0 amide bonds. The smallest absolute Gasteiger partial charge is 0.303 e. The molecule has 0 unspecified atom stereocenters. The van der Waals surface area contributed by atoms with Gasteiger partial charge in [0.05, 0.1) is 19.1 Å². The quantitative estimate of drug-likeness (QED) is 0.746. The predicted octanol–water partition coefficient (Wildman–Crippen LogP) is 0.935. The van der Waals surface area contributed by atoms with E-state index in [0.29, 0.717) is 13.0 Å². The van der Waals surface area contributed by atoms with Crippen LogP contribution in [0.25, 0.3) is 0 Å². The van der Waals surface area contributed by atoms with Gasteiger partial charge in [0.2, 0.25) is 0 Å². The molecule has 1 heterocycles. The van der Waals surface area contributed by atoms with Crippen molar-refractivity contribution in [1.29, 1.82) is 0 Å². The number of fused-ring (bicyclic) bond motifs is 1. The lowest BCUT2D eigenvalue weighted by atomic mass is 9.74. The lowest BCUT2D eigenvalue weighted by Crippen LogP contribution is -2.54. The predicted molar refractivity (Wildman–Crippen MR) is 72.6 cm³/mol. The molecule has 0 spiro atoms. The summed E-state index contributed by atoms with van der Waals surface area (Å²) >= 11 is 0. The number of rotatable bonds is 5. The van der Waals surface area contributed by atoms with Crippen molar-refractivity contribution in [2.45, 2.75) is 38.0 Å². The summed E-state index contributed by atoms with van der Waals surface area (Å²) < 4.78 is 5.47. The van der Waals surface area contributed by atoms with E-state index in [4.69, 9.17) is 9.84 Å². The van der Waals surface area contributed by atoms with Crippen LogP contribution >= 0.6 is 0 Å². The summed E-state index contributed by atoms with van der Waals surface area (Å²) in [6.45, 7) is 1.45. The molecule has 108 valence electrons. The normalized spacial score (nSPS) is 27.6. The molecular weight excluding hydrogens is 258 g/mol. The molecule has 5 heteroatoms. The summed E-state index contributed by atoms with van der Waals surface area (Å²) in [4.78, 5) is 10.7. The van der Waals surface area contributed by atoms with Gasteiger partial charge in [-0.05, 0) is 23.6 Å². The highest BCUT2D eigenvalue weighted by Crippen LogP contribution is 2.31. The van der Waals surface area contributed by atoms with E-state index in [1.54, 1.807) is 0 Å². The Bertz CT molecular complexity index is 517. The van der Waals surface area contributed by atoms with Crippen LogP contribution in [-0.4, -0.2) is 34.9 Å². The first-order valence-corrected chi connectivity index (χ1v) is 7.01. The van der Waals surface area contributed by atoms with Crippen molar-refractivity contribution < 1.29 is 19.7 Å². The van der Waals surface area contributed by atoms with Crippen LogP contribution in [-0.2, 0) is 17.8 Å². The van der Waals surface area contributed by atoms with E-state index in [1.807, 2.05) is 12.1 Å². The topological polar surface area (TPSA) is 78.8 Å². The zero-order valence-electron chi connectivity index (χ0n) is 11.2. The van der Waals surface area contributed by atoms with Crippen LogP contribution in [0.2, 0.25) is 0 Å². The number of hydrogen-bond donors (Lipinski definition) is 3. The molecule has 1 aromatic carbocycles. The number of aliphatic hydroxyl groups excluding tert-OH is 1.